The van der Waals surface area contributed by atoms with Crippen molar-refractivity contribution < 1.29 is 4.42 Å². The highest BCUT2D eigenvalue weighted by molar-refractivity contribution is 5.12. The Balaban J connectivity index is 0. The molecule has 1 aromatic rings. The van der Waals surface area contributed by atoms with Crippen LogP contribution < -0.4 is 0 Å². The zero-order chi connectivity index (χ0) is 10.7. The van der Waals surface area contributed by atoms with Gasteiger partial charge in [0.25, 0.3) is 0 Å². The minimum atomic E-state index is 1.00. The van der Waals surface area contributed by atoms with Gasteiger partial charge in [-0.1, -0.05) is 41.5 Å². The summed E-state index contributed by atoms with van der Waals surface area (Å²) < 4.78 is 5.20. The summed E-state index contributed by atoms with van der Waals surface area (Å²) in [6, 6.07) is 2.11. The molecule has 0 atom stereocenters. The highest BCUT2D eigenvalue weighted by Gasteiger charge is 1.94. The number of furan rings is 1. The maximum absolute atomic E-state index is 5.20. The Bertz CT molecular complexity index is 159. The van der Waals surface area contributed by atoms with Crippen LogP contribution in [0, 0.1) is 0 Å². The van der Waals surface area contributed by atoms with Crippen molar-refractivity contribution >= 4 is 0 Å². The molecule has 1 aromatic heterocycles. The zero-order valence-electron chi connectivity index (χ0n) is 9.98. The summed E-state index contributed by atoms with van der Waals surface area (Å²) in [4.78, 5) is 0. The lowest BCUT2D eigenvalue weighted by atomic mass is 10.2. The van der Waals surface area contributed by atoms with Gasteiger partial charge in [0.05, 0.1) is 6.26 Å². The quantitative estimate of drug-likeness (QED) is 0.661. The van der Waals surface area contributed by atoms with Crippen LogP contribution >= 0.6 is 0 Å². The maximum Gasteiger partial charge on any atom is 0.103 e. The van der Waals surface area contributed by atoms with E-state index in [0.717, 1.165) is 18.6 Å². The fourth-order valence-corrected chi connectivity index (χ4v) is 0.797. The molecule has 0 saturated heterocycles. The van der Waals surface area contributed by atoms with Crippen LogP contribution in [0.25, 0.3) is 0 Å². The van der Waals surface area contributed by atoms with Crippen LogP contribution in [-0.2, 0) is 12.8 Å². The fourth-order valence-electron chi connectivity index (χ4n) is 0.797. The number of hydrogen-bond donors (Lipinski definition) is 0. The van der Waals surface area contributed by atoms with E-state index in [0.29, 0.717) is 0 Å². The Morgan fingerprint density at radius 3 is 1.77 bits per heavy atom. The van der Waals surface area contributed by atoms with Crippen molar-refractivity contribution in [2.45, 2.75) is 54.4 Å². The van der Waals surface area contributed by atoms with E-state index in [-0.39, 0.29) is 0 Å². The van der Waals surface area contributed by atoms with Crippen molar-refractivity contribution in [1.29, 1.82) is 0 Å². The van der Waals surface area contributed by atoms with Crippen molar-refractivity contribution in [2.75, 3.05) is 0 Å². The van der Waals surface area contributed by atoms with Crippen LogP contribution in [0.4, 0.5) is 0 Å². The predicted octanol–water partition coefficient (Wildman–Crippen LogP) is 4.46. The molecule has 1 rings (SSSR count). The van der Waals surface area contributed by atoms with Crippen molar-refractivity contribution in [3.05, 3.63) is 23.7 Å². The van der Waals surface area contributed by atoms with Crippen molar-refractivity contribution in [1.82, 2.24) is 0 Å². The van der Waals surface area contributed by atoms with Gasteiger partial charge in [-0.2, -0.15) is 0 Å². The molecule has 78 valence electrons. The van der Waals surface area contributed by atoms with Gasteiger partial charge in [0.2, 0.25) is 0 Å². The minimum absolute atomic E-state index is 1.00. The molecule has 0 saturated carbocycles. The summed E-state index contributed by atoms with van der Waals surface area (Å²) in [5, 5.41) is 0. The summed E-state index contributed by atoms with van der Waals surface area (Å²) in [5.41, 5.74) is 1.30. The predicted molar refractivity (Wildman–Crippen MR) is 60.2 cm³/mol. The molecule has 1 heterocycles. The first kappa shape index (κ1) is 14.8. The van der Waals surface area contributed by atoms with Gasteiger partial charge in [0.15, 0.2) is 0 Å². The molecule has 0 bridgehead atoms. The van der Waals surface area contributed by atoms with Gasteiger partial charge in [0.1, 0.15) is 5.76 Å². The molecule has 1 heteroatoms. The normalized spacial score (nSPS) is 7.85. The number of hydrogen-bond acceptors (Lipinski definition) is 1. The lowest BCUT2D eigenvalue weighted by molar-refractivity contribution is 0.514. The van der Waals surface area contributed by atoms with E-state index in [2.05, 4.69) is 19.9 Å². The van der Waals surface area contributed by atoms with Gasteiger partial charge in [-0.25, -0.2) is 0 Å². The molecular formula is C12H24O. The Labute approximate surface area is 83.2 Å². The number of rotatable bonds is 2. The molecule has 0 radical (unpaired) electrons. The highest BCUT2D eigenvalue weighted by Crippen LogP contribution is 2.07. The first-order valence-corrected chi connectivity index (χ1v) is 5.43. The lowest BCUT2D eigenvalue weighted by Crippen LogP contribution is -1.71. The number of aryl methyl sites for hydroxylation is 2. The monoisotopic (exact) mass is 184 g/mol. The zero-order valence-corrected chi connectivity index (χ0v) is 9.98. The maximum atomic E-state index is 5.20. The first-order chi connectivity index (χ1) is 6.36. The van der Waals surface area contributed by atoms with Gasteiger partial charge < -0.3 is 4.42 Å². The average Bonchev–Trinajstić information content (AvgIpc) is 2.71. The summed E-state index contributed by atoms with van der Waals surface area (Å²) in [6.07, 6.45) is 3.91. The summed E-state index contributed by atoms with van der Waals surface area (Å²) in [6.45, 7) is 12.2. The summed E-state index contributed by atoms with van der Waals surface area (Å²) in [7, 11) is 0. The molecule has 0 amide bonds. The van der Waals surface area contributed by atoms with E-state index in [9.17, 15) is 0 Å². The third kappa shape index (κ3) is 6.44. The topological polar surface area (TPSA) is 13.1 Å². The van der Waals surface area contributed by atoms with E-state index in [4.69, 9.17) is 4.42 Å². The van der Waals surface area contributed by atoms with Gasteiger partial charge >= 0.3 is 0 Å². The Morgan fingerprint density at radius 2 is 1.54 bits per heavy atom. The SMILES string of the molecule is CC.CC.CCc1coc(CC)c1. The van der Waals surface area contributed by atoms with Gasteiger partial charge in [-0.05, 0) is 18.1 Å². The minimum Gasteiger partial charge on any atom is -0.469 e. The van der Waals surface area contributed by atoms with Crippen molar-refractivity contribution in [3.63, 3.8) is 0 Å². The second kappa shape index (κ2) is 11.3. The Morgan fingerprint density at radius 1 is 1.00 bits per heavy atom. The lowest BCUT2D eigenvalue weighted by Gasteiger charge is -1.81. The second-order valence-electron chi connectivity index (χ2n) is 2.13. The van der Waals surface area contributed by atoms with E-state index in [1.54, 1.807) is 0 Å². The van der Waals surface area contributed by atoms with Crippen LogP contribution in [0.2, 0.25) is 0 Å². The molecule has 0 unspecified atom stereocenters. The molecular weight excluding hydrogens is 160 g/mol. The average molecular weight is 184 g/mol. The second-order valence-corrected chi connectivity index (χ2v) is 2.13. The molecule has 0 fully saturated rings. The van der Waals surface area contributed by atoms with Crippen LogP contribution in [0.1, 0.15) is 52.9 Å². The molecule has 0 aliphatic carbocycles. The molecule has 0 aliphatic heterocycles. The van der Waals surface area contributed by atoms with Crippen molar-refractivity contribution in [2.24, 2.45) is 0 Å². The van der Waals surface area contributed by atoms with Crippen LogP contribution in [-0.4, -0.2) is 0 Å². The van der Waals surface area contributed by atoms with E-state index in [1.165, 1.54) is 5.56 Å². The third-order valence-electron chi connectivity index (χ3n) is 1.46. The van der Waals surface area contributed by atoms with E-state index >= 15 is 0 Å². The van der Waals surface area contributed by atoms with Gasteiger partial charge in [0, 0.05) is 6.42 Å². The Hall–Kier alpha value is -0.720. The first-order valence-electron chi connectivity index (χ1n) is 5.43. The molecule has 0 spiro atoms. The molecule has 13 heavy (non-hydrogen) atoms. The smallest absolute Gasteiger partial charge is 0.103 e. The summed E-state index contributed by atoms with van der Waals surface area (Å²) >= 11 is 0. The fraction of sp³-hybridized carbons (Fsp3) is 0.667. The standard InChI is InChI=1S/C8H12O.2C2H6/c1-3-7-5-8(4-2)9-6-7;2*1-2/h5-6H,3-4H2,1-2H3;2*1-2H3. The third-order valence-corrected chi connectivity index (χ3v) is 1.46. The van der Waals surface area contributed by atoms with E-state index in [1.807, 2.05) is 34.0 Å². The molecule has 0 aliphatic rings. The molecule has 1 nitrogen and oxygen atoms in total. The molecule has 0 aromatic carbocycles. The van der Waals surface area contributed by atoms with E-state index < -0.39 is 0 Å². The van der Waals surface area contributed by atoms with Gasteiger partial charge in [-0.3, -0.25) is 0 Å². The summed E-state index contributed by atoms with van der Waals surface area (Å²) in [5.74, 6) is 1.09. The largest absolute Gasteiger partial charge is 0.469 e. The van der Waals surface area contributed by atoms with Crippen molar-refractivity contribution in [3.8, 4) is 0 Å². The van der Waals surface area contributed by atoms with Crippen LogP contribution in [0.15, 0.2) is 16.7 Å². The van der Waals surface area contributed by atoms with Crippen LogP contribution in [0.5, 0.6) is 0 Å². The van der Waals surface area contributed by atoms with Crippen LogP contribution in [0.3, 0.4) is 0 Å². The highest BCUT2D eigenvalue weighted by atomic mass is 16.3. The molecule has 0 N–H and O–H groups in total. The van der Waals surface area contributed by atoms with Gasteiger partial charge in [-0.15, -0.1) is 0 Å². The Kier molecular flexibility index (Phi) is 12.8.